The number of aliphatic hydroxyl groups excluding tert-OH is 1. The van der Waals surface area contributed by atoms with Crippen LogP contribution in [0.15, 0.2) is 24.3 Å². The van der Waals surface area contributed by atoms with Crippen LogP contribution in [0.5, 0.6) is 0 Å². The second-order valence-corrected chi connectivity index (χ2v) is 4.53. The molecule has 2 unspecified atom stereocenters. The van der Waals surface area contributed by atoms with E-state index >= 15 is 0 Å². The van der Waals surface area contributed by atoms with Gasteiger partial charge >= 0.3 is 0 Å². The molecule has 0 amide bonds. The zero-order chi connectivity index (χ0) is 14.3. The molecule has 5 nitrogen and oxygen atoms in total. The van der Waals surface area contributed by atoms with Gasteiger partial charge in [-0.3, -0.25) is 9.59 Å². The van der Waals surface area contributed by atoms with Crippen LogP contribution in [0.4, 0.5) is 0 Å². The van der Waals surface area contributed by atoms with E-state index in [1.165, 1.54) is 12.2 Å². The molecule has 1 rings (SSSR count). The molecule has 1 aliphatic rings. The first-order valence-electron chi connectivity index (χ1n) is 6.20. The van der Waals surface area contributed by atoms with Crippen molar-refractivity contribution in [1.29, 1.82) is 0 Å². The molecular weight excluding hydrogens is 248 g/mol. The standard InChI is InChI=1S/C14H20O5/c1-18-12-7-10(8-13(19-2)14(12)17)5-3-4-6-11(16)9-15/h3-6,9-10,12-14,17H,7-8H2,1-2H3/b5-3+,6-4+. The van der Waals surface area contributed by atoms with Crippen LogP contribution in [0.3, 0.4) is 0 Å². The topological polar surface area (TPSA) is 72.8 Å². The number of hydrogen-bond acceptors (Lipinski definition) is 5. The highest BCUT2D eigenvalue weighted by Gasteiger charge is 2.36. The van der Waals surface area contributed by atoms with Gasteiger partial charge in [-0.2, -0.15) is 0 Å². The van der Waals surface area contributed by atoms with Gasteiger partial charge in [-0.05, 0) is 24.8 Å². The molecule has 1 N–H and O–H groups in total. The monoisotopic (exact) mass is 268 g/mol. The fraction of sp³-hybridized carbons (Fsp3) is 0.571. The van der Waals surface area contributed by atoms with Crippen molar-refractivity contribution in [1.82, 2.24) is 0 Å². The maximum Gasteiger partial charge on any atom is 0.218 e. The van der Waals surface area contributed by atoms with Crippen LogP contribution < -0.4 is 0 Å². The number of hydrogen-bond donors (Lipinski definition) is 1. The molecule has 19 heavy (non-hydrogen) atoms. The SMILES string of the molecule is COC1CC(/C=C/C=C/C(=O)C=O)CC(OC)C1O. The van der Waals surface area contributed by atoms with Crippen molar-refractivity contribution < 1.29 is 24.2 Å². The summed E-state index contributed by atoms with van der Waals surface area (Å²) in [7, 11) is 3.13. The predicted molar refractivity (Wildman–Crippen MR) is 69.7 cm³/mol. The van der Waals surface area contributed by atoms with Gasteiger partial charge in [0, 0.05) is 14.2 Å². The van der Waals surface area contributed by atoms with Gasteiger partial charge in [0.25, 0.3) is 0 Å². The van der Waals surface area contributed by atoms with Gasteiger partial charge in [0.2, 0.25) is 5.78 Å². The summed E-state index contributed by atoms with van der Waals surface area (Å²) in [5.74, 6) is -0.359. The Kier molecular flexibility index (Phi) is 6.62. The average molecular weight is 268 g/mol. The highest BCUT2D eigenvalue weighted by Crippen LogP contribution is 2.29. The Morgan fingerprint density at radius 2 is 1.74 bits per heavy atom. The molecule has 0 aromatic carbocycles. The molecule has 0 spiro atoms. The van der Waals surface area contributed by atoms with Crippen LogP contribution in [0.2, 0.25) is 0 Å². The summed E-state index contributed by atoms with van der Waals surface area (Å²) >= 11 is 0. The molecule has 0 aromatic heterocycles. The Hall–Kier alpha value is -1.30. The largest absolute Gasteiger partial charge is 0.388 e. The van der Waals surface area contributed by atoms with Crippen molar-refractivity contribution in [3.63, 3.8) is 0 Å². The van der Waals surface area contributed by atoms with E-state index < -0.39 is 11.9 Å². The van der Waals surface area contributed by atoms with Crippen LogP contribution >= 0.6 is 0 Å². The van der Waals surface area contributed by atoms with E-state index in [1.54, 1.807) is 20.3 Å². The van der Waals surface area contributed by atoms with E-state index in [1.807, 2.05) is 6.08 Å². The summed E-state index contributed by atoms with van der Waals surface area (Å²) < 4.78 is 10.5. The van der Waals surface area contributed by atoms with Gasteiger partial charge in [0.05, 0.1) is 12.2 Å². The molecule has 2 atom stereocenters. The highest BCUT2D eigenvalue weighted by molar-refractivity contribution is 6.30. The predicted octanol–water partition coefficient (Wildman–Crippen LogP) is 0.668. The zero-order valence-electron chi connectivity index (χ0n) is 11.2. The summed E-state index contributed by atoms with van der Waals surface area (Å²) in [4.78, 5) is 20.9. The summed E-state index contributed by atoms with van der Waals surface area (Å²) in [6.45, 7) is 0. The lowest BCUT2D eigenvalue weighted by atomic mass is 9.83. The van der Waals surface area contributed by atoms with Crippen molar-refractivity contribution in [2.24, 2.45) is 5.92 Å². The fourth-order valence-electron chi connectivity index (χ4n) is 2.25. The Bertz CT molecular complexity index is 347. The van der Waals surface area contributed by atoms with Crippen LogP contribution in [-0.2, 0) is 19.1 Å². The highest BCUT2D eigenvalue weighted by atomic mass is 16.5. The number of carbonyl (C=O) groups excluding carboxylic acids is 2. The number of rotatable bonds is 6. The second kappa shape index (κ2) is 7.99. The minimum absolute atomic E-state index is 0.203. The molecule has 1 aliphatic carbocycles. The molecule has 1 saturated carbocycles. The Labute approximate surface area is 112 Å². The molecule has 0 heterocycles. The van der Waals surface area contributed by atoms with Crippen LogP contribution in [0.25, 0.3) is 0 Å². The zero-order valence-corrected chi connectivity index (χ0v) is 11.2. The maximum atomic E-state index is 10.7. The lowest BCUT2D eigenvalue weighted by Crippen LogP contribution is -2.45. The molecule has 0 radical (unpaired) electrons. The summed E-state index contributed by atoms with van der Waals surface area (Å²) in [5, 5.41) is 9.95. The van der Waals surface area contributed by atoms with E-state index in [0.29, 0.717) is 12.8 Å². The van der Waals surface area contributed by atoms with Crippen LogP contribution in [0.1, 0.15) is 12.8 Å². The molecule has 0 aliphatic heterocycles. The van der Waals surface area contributed by atoms with Gasteiger partial charge in [0.15, 0.2) is 6.29 Å². The van der Waals surface area contributed by atoms with E-state index in [0.717, 1.165) is 0 Å². The average Bonchev–Trinajstić information content (AvgIpc) is 2.44. The number of aliphatic hydroxyl groups is 1. The van der Waals surface area contributed by atoms with E-state index in [2.05, 4.69) is 0 Å². The lowest BCUT2D eigenvalue weighted by molar-refractivity contribution is -0.126. The van der Waals surface area contributed by atoms with Gasteiger partial charge in [-0.25, -0.2) is 0 Å². The molecule has 0 bridgehead atoms. The van der Waals surface area contributed by atoms with E-state index in [9.17, 15) is 14.7 Å². The van der Waals surface area contributed by atoms with E-state index in [4.69, 9.17) is 9.47 Å². The first-order chi connectivity index (χ1) is 9.12. The number of allylic oxidation sites excluding steroid dienone is 4. The molecular formula is C14H20O5. The van der Waals surface area contributed by atoms with Crippen molar-refractivity contribution >= 4 is 12.1 Å². The third-order valence-electron chi connectivity index (χ3n) is 3.31. The third kappa shape index (κ3) is 4.70. The first kappa shape index (κ1) is 15.8. The molecule has 5 heteroatoms. The van der Waals surface area contributed by atoms with Crippen molar-refractivity contribution in [2.75, 3.05) is 14.2 Å². The first-order valence-corrected chi connectivity index (χ1v) is 6.20. The number of aldehydes is 1. The minimum atomic E-state index is -0.619. The van der Waals surface area contributed by atoms with Gasteiger partial charge in [-0.1, -0.05) is 18.2 Å². The second-order valence-electron chi connectivity index (χ2n) is 4.53. The van der Waals surface area contributed by atoms with Crippen molar-refractivity contribution in [3.05, 3.63) is 24.3 Å². The number of methoxy groups -OCH3 is 2. The van der Waals surface area contributed by atoms with Gasteiger partial charge < -0.3 is 14.6 Å². The number of ether oxygens (including phenoxy) is 2. The lowest BCUT2D eigenvalue weighted by Gasteiger charge is -2.36. The Balaban J connectivity index is 2.58. The summed E-state index contributed by atoms with van der Waals surface area (Å²) in [6.07, 6.45) is 6.93. The van der Waals surface area contributed by atoms with Crippen molar-refractivity contribution in [3.8, 4) is 0 Å². The molecule has 0 saturated heterocycles. The van der Waals surface area contributed by atoms with Gasteiger partial charge in [0.1, 0.15) is 6.10 Å². The maximum absolute atomic E-state index is 10.7. The van der Waals surface area contributed by atoms with E-state index in [-0.39, 0.29) is 24.4 Å². The van der Waals surface area contributed by atoms with Crippen LogP contribution in [0, 0.1) is 5.92 Å². The summed E-state index contributed by atoms with van der Waals surface area (Å²) in [6, 6.07) is 0. The van der Waals surface area contributed by atoms with Gasteiger partial charge in [-0.15, -0.1) is 0 Å². The molecule has 106 valence electrons. The fourth-order valence-corrected chi connectivity index (χ4v) is 2.25. The smallest absolute Gasteiger partial charge is 0.218 e. The van der Waals surface area contributed by atoms with Crippen molar-refractivity contribution in [2.45, 2.75) is 31.2 Å². The Morgan fingerprint density at radius 1 is 1.16 bits per heavy atom. The normalized spacial score (nSPS) is 31.9. The minimum Gasteiger partial charge on any atom is -0.388 e. The third-order valence-corrected chi connectivity index (χ3v) is 3.31. The molecule has 1 fully saturated rings. The molecule has 0 aromatic rings. The Morgan fingerprint density at radius 3 is 2.21 bits per heavy atom. The quantitative estimate of drug-likeness (QED) is 0.332. The number of ketones is 1. The van der Waals surface area contributed by atoms with Crippen LogP contribution in [-0.4, -0.2) is 49.7 Å². The number of carbonyl (C=O) groups is 2. The summed E-state index contributed by atoms with van der Waals surface area (Å²) in [5.41, 5.74) is 0.